The van der Waals surface area contributed by atoms with E-state index in [4.69, 9.17) is 10.2 Å². The SMILES string of the molecule is CC(=CCCC=CCO)CO. The molecular weight excluding hydrogens is 140 g/mol. The van der Waals surface area contributed by atoms with Crippen molar-refractivity contribution in [1.29, 1.82) is 0 Å². The van der Waals surface area contributed by atoms with Crippen LogP contribution in [0.2, 0.25) is 0 Å². The summed E-state index contributed by atoms with van der Waals surface area (Å²) in [5.41, 5.74) is 1.00. The molecule has 2 heteroatoms. The van der Waals surface area contributed by atoms with Crippen LogP contribution in [-0.2, 0) is 0 Å². The molecule has 0 unspecified atom stereocenters. The second kappa shape index (κ2) is 7.51. The van der Waals surface area contributed by atoms with Gasteiger partial charge in [-0.3, -0.25) is 0 Å². The molecule has 0 saturated carbocycles. The lowest BCUT2D eigenvalue weighted by atomic mass is 10.2. The number of hydrogen-bond donors (Lipinski definition) is 2. The van der Waals surface area contributed by atoms with Crippen LogP contribution in [0.1, 0.15) is 19.8 Å². The quantitative estimate of drug-likeness (QED) is 0.464. The molecule has 0 amide bonds. The van der Waals surface area contributed by atoms with Gasteiger partial charge in [0.25, 0.3) is 0 Å². The first kappa shape index (κ1) is 10.4. The van der Waals surface area contributed by atoms with Gasteiger partial charge in [0.2, 0.25) is 0 Å². The van der Waals surface area contributed by atoms with Crippen LogP contribution in [0.4, 0.5) is 0 Å². The van der Waals surface area contributed by atoms with E-state index in [1.807, 2.05) is 19.1 Å². The standard InChI is InChI=1S/C9H16O2/c1-9(8-11)6-4-2-3-5-7-10/h3,5-6,10-11H,2,4,7-8H2,1H3. The van der Waals surface area contributed by atoms with Gasteiger partial charge in [-0.25, -0.2) is 0 Å². The van der Waals surface area contributed by atoms with Gasteiger partial charge in [0.05, 0.1) is 13.2 Å². The fourth-order valence-electron chi connectivity index (χ4n) is 0.683. The molecule has 0 aliphatic carbocycles. The first-order valence-electron chi connectivity index (χ1n) is 3.83. The van der Waals surface area contributed by atoms with Gasteiger partial charge in [-0.1, -0.05) is 23.8 Å². The maximum Gasteiger partial charge on any atom is 0.0639 e. The Bertz CT molecular complexity index is 136. The van der Waals surface area contributed by atoms with E-state index in [2.05, 4.69) is 0 Å². The Labute approximate surface area is 67.9 Å². The minimum absolute atomic E-state index is 0.114. The highest BCUT2D eigenvalue weighted by Crippen LogP contribution is 1.97. The van der Waals surface area contributed by atoms with Crippen LogP contribution < -0.4 is 0 Å². The van der Waals surface area contributed by atoms with Gasteiger partial charge in [0.1, 0.15) is 0 Å². The molecule has 2 nitrogen and oxygen atoms in total. The highest BCUT2D eigenvalue weighted by Gasteiger charge is 1.82. The molecule has 0 radical (unpaired) electrons. The van der Waals surface area contributed by atoms with Crippen LogP contribution >= 0.6 is 0 Å². The minimum Gasteiger partial charge on any atom is -0.392 e. The largest absolute Gasteiger partial charge is 0.392 e. The molecule has 0 heterocycles. The molecule has 0 aliphatic heterocycles. The van der Waals surface area contributed by atoms with E-state index in [1.165, 1.54) is 0 Å². The second-order valence-corrected chi connectivity index (χ2v) is 2.44. The van der Waals surface area contributed by atoms with Gasteiger partial charge in [-0.05, 0) is 19.8 Å². The molecule has 0 aromatic rings. The number of hydrogen-bond acceptors (Lipinski definition) is 2. The molecule has 0 aromatic heterocycles. The summed E-state index contributed by atoms with van der Waals surface area (Å²) in [6.45, 7) is 2.15. The van der Waals surface area contributed by atoms with Crippen molar-refractivity contribution < 1.29 is 10.2 Å². The zero-order chi connectivity index (χ0) is 8.53. The highest BCUT2D eigenvalue weighted by atomic mass is 16.3. The van der Waals surface area contributed by atoms with E-state index >= 15 is 0 Å². The predicted octanol–water partition coefficient (Wildman–Crippen LogP) is 1.25. The summed E-state index contributed by atoms with van der Waals surface area (Å²) < 4.78 is 0. The van der Waals surface area contributed by atoms with E-state index in [1.54, 1.807) is 6.08 Å². The molecule has 0 saturated heterocycles. The number of unbranched alkanes of at least 4 members (excludes halogenated alkanes) is 1. The number of allylic oxidation sites excluding steroid dienone is 2. The zero-order valence-electron chi connectivity index (χ0n) is 6.95. The molecule has 11 heavy (non-hydrogen) atoms. The molecule has 0 bridgehead atoms. The summed E-state index contributed by atoms with van der Waals surface area (Å²) in [6.07, 6.45) is 7.52. The minimum atomic E-state index is 0.114. The third-order valence-corrected chi connectivity index (χ3v) is 1.35. The summed E-state index contributed by atoms with van der Waals surface area (Å²) in [6, 6.07) is 0. The maximum absolute atomic E-state index is 8.61. The van der Waals surface area contributed by atoms with E-state index in [9.17, 15) is 0 Å². The topological polar surface area (TPSA) is 40.5 Å². The zero-order valence-corrected chi connectivity index (χ0v) is 6.95. The molecular formula is C9H16O2. The number of rotatable bonds is 5. The Hall–Kier alpha value is -0.600. The first-order valence-corrected chi connectivity index (χ1v) is 3.83. The lowest BCUT2D eigenvalue weighted by molar-refractivity contribution is 0.331. The van der Waals surface area contributed by atoms with Crippen LogP contribution in [0.15, 0.2) is 23.8 Å². The Balaban J connectivity index is 3.33. The molecule has 2 N–H and O–H groups in total. The highest BCUT2D eigenvalue weighted by molar-refractivity contribution is 4.98. The van der Waals surface area contributed by atoms with E-state index in [-0.39, 0.29) is 13.2 Å². The van der Waals surface area contributed by atoms with Crippen molar-refractivity contribution in [3.05, 3.63) is 23.8 Å². The van der Waals surface area contributed by atoms with Gasteiger partial charge in [0.15, 0.2) is 0 Å². The summed E-state index contributed by atoms with van der Waals surface area (Å²) >= 11 is 0. The summed E-state index contributed by atoms with van der Waals surface area (Å²) in [4.78, 5) is 0. The Kier molecular flexibility index (Phi) is 7.10. The van der Waals surface area contributed by atoms with Crippen LogP contribution in [-0.4, -0.2) is 23.4 Å². The Morgan fingerprint density at radius 1 is 1.18 bits per heavy atom. The van der Waals surface area contributed by atoms with Crippen molar-refractivity contribution in [2.45, 2.75) is 19.8 Å². The Morgan fingerprint density at radius 2 is 1.91 bits per heavy atom. The second-order valence-electron chi connectivity index (χ2n) is 2.44. The molecule has 0 atom stereocenters. The van der Waals surface area contributed by atoms with Crippen molar-refractivity contribution in [1.82, 2.24) is 0 Å². The van der Waals surface area contributed by atoms with Crippen LogP contribution in [0.5, 0.6) is 0 Å². The molecule has 0 rings (SSSR count). The normalized spacial score (nSPS) is 12.8. The van der Waals surface area contributed by atoms with Crippen molar-refractivity contribution in [2.75, 3.05) is 13.2 Å². The summed E-state index contributed by atoms with van der Waals surface area (Å²) in [5, 5.41) is 17.0. The van der Waals surface area contributed by atoms with Crippen molar-refractivity contribution in [2.24, 2.45) is 0 Å². The summed E-state index contributed by atoms with van der Waals surface area (Å²) in [7, 11) is 0. The van der Waals surface area contributed by atoms with Gasteiger partial charge in [-0.15, -0.1) is 0 Å². The Morgan fingerprint density at radius 3 is 2.45 bits per heavy atom. The molecule has 0 fully saturated rings. The third-order valence-electron chi connectivity index (χ3n) is 1.35. The fraction of sp³-hybridized carbons (Fsp3) is 0.556. The summed E-state index contributed by atoms with van der Waals surface area (Å²) in [5.74, 6) is 0. The van der Waals surface area contributed by atoms with E-state index in [0.29, 0.717) is 0 Å². The predicted molar refractivity (Wildman–Crippen MR) is 46.3 cm³/mol. The van der Waals surface area contributed by atoms with E-state index in [0.717, 1.165) is 18.4 Å². The van der Waals surface area contributed by atoms with Gasteiger partial charge in [0, 0.05) is 0 Å². The lowest BCUT2D eigenvalue weighted by Gasteiger charge is -1.92. The van der Waals surface area contributed by atoms with Gasteiger partial charge < -0.3 is 10.2 Å². The third kappa shape index (κ3) is 7.30. The average Bonchev–Trinajstić information content (AvgIpc) is 2.04. The van der Waals surface area contributed by atoms with Crippen molar-refractivity contribution >= 4 is 0 Å². The monoisotopic (exact) mass is 156 g/mol. The van der Waals surface area contributed by atoms with Crippen molar-refractivity contribution in [3.63, 3.8) is 0 Å². The first-order chi connectivity index (χ1) is 5.31. The number of aliphatic hydroxyl groups excluding tert-OH is 2. The lowest BCUT2D eigenvalue weighted by Crippen LogP contribution is -1.82. The van der Waals surface area contributed by atoms with Crippen LogP contribution in [0.25, 0.3) is 0 Å². The number of aliphatic hydroxyl groups is 2. The fourth-order valence-corrected chi connectivity index (χ4v) is 0.683. The van der Waals surface area contributed by atoms with Gasteiger partial charge >= 0.3 is 0 Å². The van der Waals surface area contributed by atoms with Crippen LogP contribution in [0.3, 0.4) is 0 Å². The van der Waals surface area contributed by atoms with Crippen molar-refractivity contribution in [3.8, 4) is 0 Å². The molecule has 0 aliphatic rings. The smallest absolute Gasteiger partial charge is 0.0639 e. The van der Waals surface area contributed by atoms with E-state index < -0.39 is 0 Å². The molecule has 0 spiro atoms. The average molecular weight is 156 g/mol. The maximum atomic E-state index is 8.61. The van der Waals surface area contributed by atoms with Gasteiger partial charge in [-0.2, -0.15) is 0 Å². The molecule has 0 aromatic carbocycles. The molecule has 64 valence electrons. The van der Waals surface area contributed by atoms with Crippen LogP contribution in [0, 0.1) is 0 Å².